The second-order valence-corrected chi connectivity index (χ2v) is 7.25. The molecule has 1 fully saturated rings. The minimum atomic E-state index is -0.980. The zero-order valence-electron chi connectivity index (χ0n) is 15.4. The van der Waals surface area contributed by atoms with Crippen LogP contribution >= 0.6 is 0 Å². The lowest BCUT2D eigenvalue weighted by Gasteiger charge is -2.29. The Bertz CT molecular complexity index is 907. The Morgan fingerprint density at radius 3 is 2.18 bits per heavy atom. The van der Waals surface area contributed by atoms with Crippen LogP contribution in [0.25, 0.3) is 11.6 Å². The van der Waals surface area contributed by atoms with Gasteiger partial charge in [-0.25, -0.2) is 17.6 Å². The molecule has 1 saturated heterocycles. The lowest BCUT2D eigenvalue weighted by atomic mass is 9.95. The van der Waals surface area contributed by atoms with E-state index < -0.39 is 23.3 Å². The minimum Gasteiger partial charge on any atom is -0.352 e. The number of allylic oxidation sites excluding steroid dienone is 1. The largest absolute Gasteiger partial charge is 0.352 e. The van der Waals surface area contributed by atoms with Gasteiger partial charge in [0.15, 0.2) is 17.9 Å². The summed E-state index contributed by atoms with van der Waals surface area (Å²) in [6.45, 7) is 2.71. The van der Waals surface area contributed by atoms with Gasteiger partial charge in [0.2, 0.25) is 0 Å². The highest BCUT2D eigenvalue weighted by atomic mass is 19.2. The molecule has 0 N–H and O–H groups in total. The van der Waals surface area contributed by atoms with Gasteiger partial charge in [-0.2, -0.15) is 0 Å². The summed E-state index contributed by atoms with van der Waals surface area (Å²) in [5, 5.41) is 0. The molecule has 1 heterocycles. The van der Waals surface area contributed by atoms with E-state index in [9.17, 15) is 17.6 Å². The van der Waals surface area contributed by atoms with Gasteiger partial charge >= 0.3 is 0 Å². The maximum Gasteiger partial charge on any atom is 0.159 e. The molecule has 0 saturated carbocycles. The summed E-state index contributed by atoms with van der Waals surface area (Å²) in [5.41, 5.74) is 1.62. The maximum atomic E-state index is 14.8. The van der Waals surface area contributed by atoms with E-state index in [-0.39, 0.29) is 24.2 Å². The molecule has 0 aromatic heterocycles. The molecule has 28 heavy (non-hydrogen) atoms. The van der Waals surface area contributed by atoms with Crippen LogP contribution in [-0.2, 0) is 15.9 Å². The van der Waals surface area contributed by atoms with Gasteiger partial charge < -0.3 is 9.47 Å². The third-order valence-corrected chi connectivity index (χ3v) is 5.24. The van der Waals surface area contributed by atoms with Crippen LogP contribution in [-0.4, -0.2) is 19.5 Å². The first-order valence-corrected chi connectivity index (χ1v) is 9.37. The smallest absolute Gasteiger partial charge is 0.159 e. The maximum absolute atomic E-state index is 14.8. The van der Waals surface area contributed by atoms with E-state index in [1.54, 1.807) is 0 Å². The summed E-state index contributed by atoms with van der Waals surface area (Å²) >= 11 is 0. The molecule has 1 aliphatic heterocycles. The number of hydrogen-bond acceptors (Lipinski definition) is 2. The first-order chi connectivity index (χ1) is 13.5. The average molecular weight is 392 g/mol. The molecule has 4 rings (SSSR count). The van der Waals surface area contributed by atoms with Crippen LogP contribution in [0.15, 0.2) is 24.3 Å². The van der Waals surface area contributed by atoms with Crippen molar-refractivity contribution in [1.29, 1.82) is 0 Å². The first-order valence-electron chi connectivity index (χ1n) is 9.37. The van der Waals surface area contributed by atoms with Crippen LogP contribution in [0.4, 0.5) is 17.6 Å². The van der Waals surface area contributed by atoms with Crippen molar-refractivity contribution >= 4 is 11.6 Å². The fourth-order valence-electron chi connectivity index (χ4n) is 3.77. The van der Waals surface area contributed by atoms with E-state index >= 15 is 0 Å². The summed E-state index contributed by atoms with van der Waals surface area (Å²) in [5.74, 6) is -3.60. The SMILES string of the molecule is CCCC1OCC(c2cc(F)c(C3=Cc4cc(F)c(F)cc4C3)c(F)c2)CO1. The molecule has 2 aromatic rings. The molecule has 6 heteroatoms. The van der Waals surface area contributed by atoms with Crippen LogP contribution in [0.2, 0.25) is 0 Å². The van der Waals surface area contributed by atoms with Crippen LogP contribution in [0, 0.1) is 23.3 Å². The summed E-state index contributed by atoms with van der Waals surface area (Å²) < 4.78 is 67.6. The normalized spacial score (nSPS) is 21.5. The van der Waals surface area contributed by atoms with E-state index in [4.69, 9.17) is 9.47 Å². The number of fused-ring (bicyclic) bond motifs is 1. The Morgan fingerprint density at radius 1 is 0.893 bits per heavy atom. The standard InChI is InChI=1S/C22H20F4O2/c1-2-3-21-27-10-16(11-28-21)14-8-19(25)22(20(26)9-14)15-4-12-6-17(23)18(24)7-13(12)5-15/h4,6-9,16,21H,2-3,5,10-11H2,1H3. The number of halogens is 4. The van der Waals surface area contributed by atoms with Gasteiger partial charge in [-0.05, 0) is 59.4 Å². The van der Waals surface area contributed by atoms with Gasteiger partial charge in [0.25, 0.3) is 0 Å². The first kappa shape index (κ1) is 19.2. The molecule has 2 nitrogen and oxygen atoms in total. The highest BCUT2D eigenvalue weighted by Crippen LogP contribution is 2.36. The Morgan fingerprint density at radius 2 is 1.54 bits per heavy atom. The molecule has 0 unspecified atom stereocenters. The van der Waals surface area contributed by atoms with E-state index in [1.807, 2.05) is 6.92 Å². The van der Waals surface area contributed by atoms with Crippen molar-refractivity contribution in [3.63, 3.8) is 0 Å². The Kier molecular flexibility index (Phi) is 5.25. The van der Waals surface area contributed by atoms with Gasteiger partial charge in [0.1, 0.15) is 11.6 Å². The van der Waals surface area contributed by atoms with E-state index in [0.29, 0.717) is 35.5 Å². The van der Waals surface area contributed by atoms with Crippen molar-refractivity contribution in [3.8, 4) is 0 Å². The number of hydrogen-bond donors (Lipinski definition) is 0. The van der Waals surface area contributed by atoms with E-state index in [1.165, 1.54) is 18.2 Å². The van der Waals surface area contributed by atoms with Gasteiger partial charge in [-0.3, -0.25) is 0 Å². The molecule has 0 bridgehead atoms. The summed E-state index contributed by atoms with van der Waals surface area (Å²) in [6, 6.07) is 4.70. The van der Waals surface area contributed by atoms with Crippen LogP contribution in [0.1, 0.15) is 47.9 Å². The molecular formula is C22H20F4O2. The van der Waals surface area contributed by atoms with Crippen LogP contribution < -0.4 is 0 Å². The fourth-order valence-corrected chi connectivity index (χ4v) is 3.77. The van der Waals surface area contributed by atoms with Gasteiger partial charge in [-0.15, -0.1) is 0 Å². The molecule has 0 amide bonds. The van der Waals surface area contributed by atoms with Crippen molar-refractivity contribution in [2.75, 3.05) is 13.2 Å². The average Bonchev–Trinajstić information content (AvgIpc) is 3.04. The fraction of sp³-hybridized carbons (Fsp3) is 0.364. The molecule has 1 aliphatic carbocycles. The second kappa shape index (κ2) is 7.68. The molecule has 0 atom stereocenters. The predicted octanol–water partition coefficient (Wildman–Crippen LogP) is 5.60. The molecule has 0 radical (unpaired) electrons. The third-order valence-electron chi connectivity index (χ3n) is 5.24. The number of benzene rings is 2. The van der Waals surface area contributed by atoms with Crippen molar-refractivity contribution in [2.45, 2.75) is 38.4 Å². The molecule has 0 spiro atoms. The predicted molar refractivity (Wildman–Crippen MR) is 97.6 cm³/mol. The summed E-state index contributed by atoms with van der Waals surface area (Å²) in [6.07, 6.45) is 3.09. The number of rotatable bonds is 4. The summed E-state index contributed by atoms with van der Waals surface area (Å²) in [4.78, 5) is 0. The van der Waals surface area contributed by atoms with Crippen LogP contribution in [0.3, 0.4) is 0 Å². The molecule has 2 aromatic carbocycles. The zero-order valence-corrected chi connectivity index (χ0v) is 15.4. The Hall–Kier alpha value is -2.18. The van der Waals surface area contributed by atoms with Crippen molar-refractivity contribution in [1.82, 2.24) is 0 Å². The van der Waals surface area contributed by atoms with Crippen molar-refractivity contribution < 1.29 is 27.0 Å². The van der Waals surface area contributed by atoms with Gasteiger partial charge in [-0.1, -0.05) is 19.4 Å². The topological polar surface area (TPSA) is 18.5 Å². The second-order valence-electron chi connectivity index (χ2n) is 7.25. The lowest BCUT2D eigenvalue weighted by molar-refractivity contribution is -0.189. The zero-order chi connectivity index (χ0) is 19.8. The molecule has 2 aliphatic rings. The quantitative estimate of drug-likeness (QED) is 0.631. The Balaban J connectivity index is 1.57. The third kappa shape index (κ3) is 3.59. The summed E-state index contributed by atoms with van der Waals surface area (Å²) in [7, 11) is 0. The monoisotopic (exact) mass is 392 g/mol. The van der Waals surface area contributed by atoms with Crippen molar-refractivity contribution in [3.05, 3.63) is 69.8 Å². The highest BCUT2D eigenvalue weighted by molar-refractivity contribution is 5.89. The molecule has 148 valence electrons. The van der Waals surface area contributed by atoms with Gasteiger partial charge in [0.05, 0.1) is 13.2 Å². The minimum absolute atomic E-state index is 0.147. The van der Waals surface area contributed by atoms with Crippen molar-refractivity contribution in [2.24, 2.45) is 0 Å². The molecular weight excluding hydrogens is 372 g/mol. The number of ether oxygens (including phenoxy) is 2. The van der Waals surface area contributed by atoms with Crippen LogP contribution in [0.5, 0.6) is 0 Å². The van der Waals surface area contributed by atoms with E-state index in [0.717, 1.165) is 25.0 Å². The van der Waals surface area contributed by atoms with Gasteiger partial charge in [0, 0.05) is 11.5 Å². The van der Waals surface area contributed by atoms with E-state index in [2.05, 4.69) is 0 Å². The highest BCUT2D eigenvalue weighted by Gasteiger charge is 2.27. The lowest BCUT2D eigenvalue weighted by Crippen LogP contribution is -2.30. The Labute approximate surface area is 160 Å².